The van der Waals surface area contributed by atoms with Crippen LogP contribution in [0, 0.1) is 23.0 Å². The number of carbonyl (C=O) groups is 1. The van der Waals surface area contributed by atoms with Crippen LogP contribution in [-0.4, -0.2) is 124 Å². The molecule has 15 heteroatoms. The van der Waals surface area contributed by atoms with Gasteiger partial charge in [-0.15, -0.1) is 0 Å². The van der Waals surface area contributed by atoms with Gasteiger partial charge in [-0.25, -0.2) is 13.2 Å². The molecule has 2 aromatic carbocycles. The van der Waals surface area contributed by atoms with Gasteiger partial charge < -0.3 is 19.3 Å². The number of amides is 1. The number of carbonyl (C=O) groups excluding carboxylic acids is 1. The molecule has 4 saturated heterocycles. The van der Waals surface area contributed by atoms with Gasteiger partial charge in [0.05, 0.1) is 46.7 Å². The second-order valence-corrected chi connectivity index (χ2v) is 15.9. The summed E-state index contributed by atoms with van der Waals surface area (Å²) < 4.78 is 58.4. The van der Waals surface area contributed by atoms with Crippen molar-refractivity contribution >= 4 is 45.0 Å². The fourth-order valence-electron chi connectivity index (χ4n) is 9.12. The maximum atomic E-state index is 17.0. The summed E-state index contributed by atoms with van der Waals surface area (Å²) in [5.41, 5.74) is -0.353. The minimum Gasteiger partial charge on any atom is -0.461 e. The van der Waals surface area contributed by atoms with E-state index in [1.165, 1.54) is 12.3 Å². The molecule has 294 valence electrons. The Morgan fingerprint density at radius 2 is 1.93 bits per heavy atom. The maximum Gasteiger partial charge on any atom is 0.319 e. The minimum atomic E-state index is -0.965. The van der Waals surface area contributed by atoms with E-state index >= 15 is 4.39 Å². The molecule has 0 radical (unpaired) electrons. The van der Waals surface area contributed by atoms with Crippen molar-refractivity contribution in [1.82, 2.24) is 29.7 Å². The highest BCUT2D eigenvalue weighted by Gasteiger charge is 2.49. The zero-order valence-electron chi connectivity index (χ0n) is 31.4. The topological polar surface area (TPSA) is 111 Å². The second kappa shape index (κ2) is 15.8. The van der Waals surface area contributed by atoms with E-state index in [0.29, 0.717) is 53.6 Å². The van der Waals surface area contributed by atoms with E-state index in [9.17, 15) is 18.8 Å². The Hall–Kier alpha value is -4.55. The summed E-state index contributed by atoms with van der Waals surface area (Å²) in [6, 6.07) is 9.60. The lowest BCUT2D eigenvalue weighted by Gasteiger charge is -2.41. The Balaban J connectivity index is 1.12. The number of nitrogens with zero attached hydrogens (tertiary/aromatic N) is 8. The molecule has 0 unspecified atom stereocenters. The van der Waals surface area contributed by atoms with Crippen molar-refractivity contribution in [2.75, 3.05) is 63.9 Å². The van der Waals surface area contributed by atoms with Crippen LogP contribution >= 0.6 is 11.6 Å². The zero-order chi connectivity index (χ0) is 39.1. The van der Waals surface area contributed by atoms with Crippen molar-refractivity contribution in [3.05, 3.63) is 65.3 Å². The van der Waals surface area contributed by atoms with Crippen LogP contribution in [0.4, 0.5) is 19.0 Å². The van der Waals surface area contributed by atoms with Gasteiger partial charge in [0.15, 0.2) is 5.82 Å². The first-order valence-corrected chi connectivity index (χ1v) is 19.6. The highest BCUT2D eigenvalue weighted by atomic mass is 35.5. The number of hydrogen-bond donors (Lipinski definition) is 0. The first-order chi connectivity index (χ1) is 27.0. The lowest BCUT2D eigenvalue weighted by atomic mass is 9.95. The van der Waals surface area contributed by atoms with Crippen molar-refractivity contribution in [3.8, 4) is 23.3 Å². The molecule has 2 aromatic heterocycles. The summed E-state index contributed by atoms with van der Waals surface area (Å²) in [7, 11) is 0. The molecule has 4 aromatic rings. The summed E-state index contributed by atoms with van der Waals surface area (Å²) >= 11 is 6.44. The lowest BCUT2D eigenvalue weighted by molar-refractivity contribution is -0.128. The molecule has 4 aliphatic heterocycles. The van der Waals surface area contributed by atoms with Crippen LogP contribution in [0.25, 0.3) is 32.9 Å². The monoisotopic (exact) mass is 788 g/mol. The molecule has 4 aliphatic rings. The Morgan fingerprint density at radius 1 is 1.11 bits per heavy atom. The molecule has 4 fully saturated rings. The van der Waals surface area contributed by atoms with Crippen molar-refractivity contribution < 1.29 is 27.4 Å². The Labute approximate surface area is 328 Å². The van der Waals surface area contributed by atoms with Gasteiger partial charge in [-0.3, -0.25) is 19.6 Å². The normalized spacial score (nSPS) is 26.0. The Morgan fingerprint density at radius 3 is 2.73 bits per heavy atom. The SMILES string of the molecule is C[C@@H]1CN(C/C=C/C(=O)N2CCN(c3nc(OC[C@@]45CCCN4C[C@H](F)C5)nc4c(F)c(-c5cccc6ccc(F)c(Cl)c56)ncc34)C[C@@H]2CC#N)C[C@H](C)O1. The van der Waals surface area contributed by atoms with Crippen molar-refractivity contribution in [3.63, 3.8) is 0 Å². The van der Waals surface area contributed by atoms with Crippen LogP contribution in [0.1, 0.15) is 39.5 Å². The van der Waals surface area contributed by atoms with Crippen molar-refractivity contribution in [2.24, 2.45) is 0 Å². The molecule has 1 amide bonds. The molecule has 6 heterocycles. The lowest BCUT2D eigenvalue weighted by Crippen LogP contribution is -2.55. The van der Waals surface area contributed by atoms with Crippen LogP contribution in [-0.2, 0) is 9.53 Å². The first kappa shape index (κ1) is 38.3. The number of piperazine rings is 1. The summed E-state index contributed by atoms with van der Waals surface area (Å²) in [6.45, 7) is 8.32. The summed E-state index contributed by atoms with van der Waals surface area (Å²) in [6.07, 6.45) is 6.24. The number of benzene rings is 2. The van der Waals surface area contributed by atoms with E-state index in [1.807, 2.05) is 24.8 Å². The third-order valence-electron chi connectivity index (χ3n) is 11.6. The van der Waals surface area contributed by atoms with Crippen molar-refractivity contribution in [2.45, 2.75) is 69.5 Å². The number of nitriles is 1. The number of pyridine rings is 1. The van der Waals surface area contributed by atoms with Gasteiger partial charge in [0.25, 0.3) is 0 Å². The van der Waals surface area contributed by atoms with Crippen LogP contribution in [0.15, 0.2) is 48.7 Å². The summed E-state index contributed by atoms with van der Waals surface area (Å²) in [4.78, 5) is 35.4. The van der Waals surface area contributed by atoms with E-state index in [2.05, 4.69) is 25.8 Å². The molecule has 56 heavy (non-hydrogen) atoms. The number of fused-ring (bicyclic) bond motifs is 3. The molecule has 0 bridgehead atoms. The van der Waals surface area contributed by atoms with E-state index in [1.54, 1.807) is 35.2 Å². The van der Waals surface area contributed by atoms with E-state index in [0.717, 1.165) is 32.5 Å². The molecule has 11 nitrogen and oxygen atoms in total. The molecule has 0 saturated carbocycles. The molecule has 0 spiro atoms. The molecular weight excluding hydrogens is 745 g/mol. The predicted octanol–water partition coefficient (Wildman–Crippen LogP) is 6.33. The second-order valence-electron chi connectivity index (χ2n) is 15.5. The highest BCUT2D eigenvalue weighted by Crippen LogP contribution is 2.42. The molecular formula is C41H44ClF3N8O3. The summed E-state index contributed by atoms with van der Waals surface area (Å²) in [5.74, 6) is -1.27. The number of hydrogen-bond acceptors (Lipinski definition) is 10. The highest BCUT2D eigenvalue weighted by molar-refractivity contribution is 6.36. The fraction of sp³-hybridized carbons (Fsp3) is 0.488. The standard InChI is InChI=1S/C41H44ClF3N8O3/c1-25-20-50(21-26(2)56-25)14-4-8-33(54)53-17-16-51(23-29(53)11-13-46)39-31-19-47-37(30-7-3-6-27-9-10-32(44)35(42)34(27)30)36(45)38(31)48-40(49-39)55-24-41-12-5-15-52(41)22-28(43)18-41/h3-4,6-10,19,25-26,28-29H,5,11-12,14-18,20-24H2,1-2H3/b8-4+/t25-,26+,28-,29+,41+/m1/s1. The van der Waals surface area contributed by atoms with Crippen LogP contribution in [0.2, 0.25) is 5.02 Å². The van der Waals surface area contributed by atoms with Gasteiger partial charge in [0.2, 0.25) is 5.91 Å². The van der Waals surface area contributed by atoms with Gasteiger partial charge in [-0.2, -0.15) is 15.2 Å². The third kappa shape index (κ3) is 7.38. The van der Waals surface area contributed by atoms with Crippen LogP contribution in [0.3, 0.4) is 0 Å². The van der Waals surface area contributed by atoms with E-state index in [-0.39, 0.29) is 66.5 Å². The van der Waals surface area contributed by atoms with Gasteiger partial charge in [-0.05, 0) is 44.7 Å². The predicted molar refractivity (Wildman–Crippen MR) is 207 cm³/mol. The smallest absolute Gasteiger partial charge is 0.319 e. The molecule has 5 atom stereocenters. The Kier molecular flexibility index (Phi) is 10.8. The average Bonchev–Trinajstić information content (AvgIpc) is 3.70. The number of ether oxygens (including phenoxy) is 2. The van der Waals surface area contributed by atoms with Crippen LogP contribution in [0.5, 0.6) is 6.01 Å². The molecule has 0 N–H and O–H groups in total. The zero-order valence-corrected chi connectivity index (χ0v) is 32.2. The van der Waals surface area contributed by atoms with Gasteiger partial charge in [0.1, 0.15) is 35.6 Å². The van der Waals surface area contributed by atoms with Gasteiger partial charge in [-0.1, -0.05) is 41.9 Å². The van der Waals surface area contributed by atoms with Crippen molar-refractivity contribution in [1.29, 1.82) is 5.26 Å². The average molecular weight is 789 g/mol. The fourth-order valence-corrected chi connectivity index (χ4v) is 9.39. The molecule has 0 aliphatic carbocycles. The maximum absolute atomic E-state index is 17.0. The quantitative estimate of drug-likeness (QED) is 0.179. The third-order valence-corrected chi connectivity index (χ3v) is 11.9. The number of rotatable bonds is 9. The molecule has 8 rings (SSSR count). The number of morpholine rings is 1. The van der Waals surface area contributed by atoms with E-state index < -0.39 is 29.4 Å². The Bertz CT molecular complexity index is 2210. The first-order valence-electron chi connectivity index (χ1n) is 19.3. The largest absolute Gasteiger partial charge is 0.461 e. The minimum absolute atomic E-state index is 0.0683. The van der Waals surface area contributed by atoms with E-state index in [4.69, 9.17) is 26.1 Å². The number of aromatic nitrogens is 3. The number of alkyl halides is 1. The van der Waals surface area contributed by atoms with Gasteiger partial charge in [0, 0.05) is 75.5 Å². The number of anilines is 1. The van der Waals surface area contributed by atoms with Gasteiger partial charge >= 0.3 is 6.01 Å². The van der Waals surface area contributed by atoms with Crippen LogP contribution < -0.4 is 9.64 Å². The summed E-state index contributed by atoms with van der Waals surface area (Å²) in [5, 5.41) is 10.9. The number of halogens is 4.